The number of benzene rings is 1. The third-order valence-electron chi connectivity index (χ3n) is 3.78. The second-order valence-electron chi connectivity index (χ2n) is 5.56. The Morgan fingerprint density at radius 3 is 2.75 bits per heavy atom. The van der Waals surface area contributed by atoms with Crippen molar-refractivity contribution in [3.63, 3.8) is 0 Å². The highest BCUT2D eigenvalue weighted by molar-refractivity contribution is 5.78. The van der Waals surface area contributed by atoms with Gasteiger partial charge in [-0.05, 0) is 18.9 Å². The maximum Gasteiger partial charge on any atom is 0.313 e. The Morgan fingerprint density at radius 1 is 1.29 bits per heavy atom. The van der Waals surface area contributed by atoms with Gasteiger partial charge in [0.05, 0.1) is 11.6 Å². The Kier molecular flexibility index (Phi) is 4.46. The van der Waals surface area contributed by atoms with Gasteiger partial charge in [-0.1, -0.05) is 37.3 Å². The Balaban J connectivity index is 1.75. The second-order valence-corrected chi connectivity index (χ2v) is 5.56. The van der Waals surface area contributed by atoms with Gasteiger partial charge in [0.2, 0.25) is 0 Å². The molecule has 0 N–H and O–H groups in total. The highest BCUT2D eigenvalue weighted by Crippen LogP contribution is 2.21. The summed E-state index contributed by atoms with van der Waals surface area (Å²) in [6, 6.07) is 12.5. The van der Waals surface area contributed by atoms with Crippen molar-refractivity contribution < 1.29 is 14.1 Å². The number of aryl methyl sites for hydroxylation is 1. The van der Waals surface area contributed by atoms with Gasteiger partial charge in [0, 0.05) is 12.1 Å². The quantitative estimate of drug-likeness (QED) is 0.674. The van der Waals surface area contributed by atoms with Gasteiger partial charge in [-0.25, -0.2) is 4.98 Å². The van der Waals surface area contributed by atoms with E-state index >= 15 is 0 Å². The lowest BCUT2D eigenvalue weighted by Gasteiger charge is -2.14. The van der Waals surface area contributed by atoms with Crippen LogP contribution in [0.2, 0.25) is 0 Å². The van der Waals surface area contributed by atoms with Crippen LogP contribution in [0.5, 0.6) is 0 Å². The fourth-order valence-electron chi connectivity index (χ4n) is 2.62. The first-order chi connectivity index (χ1) is 11.6. The van der Waals surface area contributed by atoms with Crippen molar-refractivity contribution in [1.82, 2.24) is 9.56 Å². The monoisotopic (exact) mass is 326 g/mol. The highest BCUT2D eigenvalue weighted by Gasteiger charge is 2.20. The number of nitrogens with zero attached hydrogens (tertiary/aromatic N) is 2. The molecule has 0 bridgehead atoms. The van der Waals surface area contributed by atoms with E-state index in [4.69, 9.17) is 9.26 Å². The Labute approximate surface area is 138 Å². The molecule has 0 unspecified atom stereocenters. The lowest BCUT2D eigenvalue weighted by atomic mass is 9.97. The van der Waals surface area contributed by atoms with Crippen LogP contribution in [0, 0.1) is 6.92 Å². The maximum absolute atomic E-state index is 12.3. The molecule has 0 spiro atoms. The summed E-state index contributed by atoms with van der Waals surface area (Å²) < 4.78 is 11.7. The molecule has 0 saturated heterocycles. The molecule has 3 rings (SSSR count). The molecule has 0 saturated carbocycles. The van der Waals surface area contributed by atoms with Gasteiger partial charge >= 0.3 is 5.97 Å². The first-order valence-corrected chi connectivity index (χ1v) is 7.79. The van der Waals surface area contributed by atoms with E-state index in [-0.39, 0.29) is 24.1 Å². The van der Waals surface area contributed by atoms with E-state index in [0.717, 1.165) is 10.1 Å². The van der Waals surface area contributed by atoms with Gasteiger partial charge in [-0.15, -0.1) is 4.57 Å². The zero-order valence-electron chi connectivity index (χ0n) is 13.6. The van der Waals surface area contributed by atoms with Crippen LogP contribution in [0.25, 0.3) is 5.65 Å². The lowest BCUT2D eigenvalue weighted by Crippen LogP contribution is -2.18. The Morgan fingerprint density at radius 2 is 2.04 bits per heavy atom. The molecule has 6 heteroatoms. The van der Waals surface area contributed by atoms with Gasteiger partial charge < -0.3 is 9.26 Å². The van der Waals surface area contributed by atoms with Crippen LogP contribution < -0.4 is 5.56 Å². The minimum absolute atomic E-state index is 0.0435. The third-order valence-corrected chi connectivity index (χ3v) is 3.78. The van der Waals surface area contributed by atoms with Crippen molar-refractivity contribution in [2.45, 2.75) is 32.8 Å². The van der Waals surface area contributed by atoms with Crippen LogP contribution in [-0.2, 0) is 16.1 Å². The molecule has 0 aliphatic carbocycles. The summed E-state index contributed by atoms with van der Waals surface area (Å²) in [7, 11) is 0. The molecule has 24 heavy (non-hydrogen) atoms. The van der Waals surface area contributed by atoms with Crippen LogP contribution in [-0.4, -0.2) is 15.5 Å². The van der Waals surface area contributed by atoms with Gasteiger partial charge in [0.15, 0.2) is 5.65 Å². The minimum Gasteiger partial charge on any atom is -0.459 e. The largest absolute Gasteiger partial charge is 0.459 e. The standard InChI is InChI=1S/C18H18N2O4/c1-3-15(13-7-5-4-6-8-13)18(22)23-11-14-10-17(21)20-16(19-14)9-12(2)24-20/h4-10,15H,3,11H2,1-2H3/t15-/m1/s1. The van der Waals surface area contributed by atoms with Crippen molar-refractivity contribution in [2.75, 3.05) is 0 Å². The van der Waals surface area contributed by atoms with Gasteiger partial charge in [0.1, 0.15) is 12.4 Å². The summed E-state index contributed by atoms with van der Waals surface area (Å²) in [5, 5.41) is 0. The highest BCUT2D eigenvalue weighted by atomic mass is 16.5. The summed E-state index contributed by atoms with van der Waals surface area (Å²) in [6.07, 6.45) is 0.638. The molecule has 0 radical (unpaired) electrons. The number of carbonyl (C=O) groups is 1. The molecule has 0 fully saturated rings. The molecule has 1 atom stereocenters. The number of carbonyl (C=O) groups excluding carboxylic acids is 1. The van der Waals surface area contributed by atoms with E-state index in [1.165, 1.54) is 6.07 Å². The van der Waals surface area contributed by atoms with Crippen LogP contribution in [0.1, 0.15) is 36.3 Å². The van der Waals surface area contributed by atoms with E-state index in [1.807, 2.05) is 37.3 Å². The fourth-order valence-corrected chi connectivity index (χ4v) is 2.62. The third kappa shape index (κ3) is 3.22. The Hall–Kier alpha value is -2.89. The molecular formula is C18H18N2O4. The van der Waals surface area contributed by atoms with Crippen molar-refractivity contribution >= 4 is 11.6 Å². The average molecular weight is 326 g/mol. The van der Waals surface area contributed by atoms with E-state index in [0.29, 0.717) is 23.5 Å². The van der Waals surface area contributed by atoms with Crippen molar-refractivity contribution in [1.29, 1.82) is 0 Å². The van der Waals surface area contributed by atoms with Gasteiger partial charge in [0.25, 0.3) is 5.56 Å². The number of fused-ring (bicyclic) bond motifs is 1. The molecule has 1 aromatic carbocycles. The van der Waals surface area contributed by atoms with Crippen LogP contribution in [0.3, 0.4) is 0 Å². The predicted molar refractivity (Wildman–Crippen MR) is 87.7 cm³/mol. The SMILES string of the molecule is CC[C@@H](C(=O)OCc1cc(=O)n2oc(C)cc2n1)c1ccccc1. The number of hydrogen-bond acceptors (Lipinski definition) is 5. The first-order valence-electron chi connectivity index (χ1n) is 7.79. The second kappa shape index (κ2) is 6.70. The van der Waals surface area contributed by atoms with Gasteiger partial charge in [-0.2, -0.15) is 0 Å². The van der Waals surface area contributed by atoms with E-state index in [1.54, 1.807) is 13.0 Å². The molecule has 124 valence electrons. The summed E-state index contributed by atoms with van der Waals surface area (Å²) in [5.74, 6) is -0.0647. The number of hydrogen-bond donors (Lipinski definition) is 0. The fraction of sp³-hybridized carbons (Fsp3) is 0.278. The van der Waals surface area contributed by atoms with Gasteiger partial charge in [-0.3, -0.25) is 9.59 Å². The summed E-state index contributed by atoms with van der Waals surface area (Å²) in [5.41, 5.74) is 1.38. The van der Waals surface area contributed by atoms with Crippen molar-refractivity contribution in [3.8, 4) is 0 Å². The molecule has 2 heterocycles. The molecule has 0 aliphatic rings. The number of rotatable bonds is 5. The zero-order chi connectivity index (χ0) is 17.1. The maximum atomic E-state index is 12.3. The summed E-state index contributed by atoms with van der Waals surface area (Å²) in [6.45, 7) is 3.63. The normalized spacial score (nSPS) is 12.2. The van der Waals surface area contributed by atoms with E-state index in [9.17, 15) is 9.59 Å². The average Bonchev–Trinajstić information content (AvgIpc) is 2.95. The molecule has 3 aromatic rings. The number of ether oxygens (including phenoxy) is 1. The molecule has 6 nitrogen and oxygen atoms in total. The van der Waals surface area contributed by atoms with Crippen LogP contribution >= 0.6 is 0 Å². The zero-order valence-corrected chi connectivity index (χ0v) is 13.6. The van der Waals surface area contributed by atoms with Crippen molar-refractivity contribution in [3.05, 3.63) is 69.8 Å². The molecule has 2 aromatic heterocycles. The topological polar surface area (TPSA) is 73.8 Å². The molecule has 0 amide bonds. The predicted octanol–water partition coefficient (Wildman–Crippen LogP) is 2.83. The van der Waals surface area contributed by atoms with Crippen LogP contribution in [0.15, 0.2) is 51.8 Å². The van der Waals surface area contributed by atoms with Crippen molar-refractivity contribution in [2.24, 2.45) is 0 Å². The molecular weight excluding hydrogens is 308 g/mol. The smallest absolute Gasteiger partial charge is 0.313 e. The van der Waals surface area contributed by atoms with E-state index < -0.39 is 0 Å². The summed E-state index contributed by atoms with van der Waals surface area (Å²) in [4.78, 5) is 28.6. The summed E-state index contributed by atoms with van der Waals surface area (Å²) >= 11 is 0. The van der Waals surface area contributed by atoms with E-state index in [2.05, 4.69) is 4.98 Å². The number of aromatic nitrogens is 2. The first kappa shape index (κ1) is 16.0. The van der Waals surface area contributed by atoms with Crippen LogP contribution in [0.4, 0.5) is 0 Å². The minimum atomic E-state index is -0.339. The Bertz CT molecular complexity index is 912. The molecule has 0 aliphatic heterocycles. The number of esters is 1. The lowest BCUT2D eigenvalue weighted by molar-refractivity contribution is -0.147.